The third kappa shape index (κ3) is 6.10. The quantitative estimate of drug-likeness (QED) is 0.225. The molecule has 1 saturated heterocycles. The fraction of sp³-hybridized carbons (Fsp3) is 0.739. The molecule has 208 valence electrons. The molecule has 14 heteroatoms. The lowest BCUT2D eigenvalue weighted by Gasteiger charge is -2.35. The molecule has 0 saturated carbocycles. The molecule has 2 aromatic rings. The van der Waals surface area contributed by atoms with Crippen LogP contribution in [0.5, 0.6) is 0 Å². The van der Waals surface area contributed by atoms with Crippen molar-refractivity contribution in [1.82, 2.24) is 19.9 Å². The average molecular weight is 525 g/mol. The van der Waals surface area contributed by atoms with Gasteiger partial charge >= 0.3 is 0 Å². The minimum Gasteiger partial charge on any atom is -0.374 e. The van der Waals surface area contributed by atoms with Gasteiger partial charge in [0.05, 0.1) is 0 Å². The smallest absolute Gasteiger partial charge is 0.232 e. The van der Waals surface area contributed by atoms with Crippen molar-refractivity contribution in [2.45, 2.75) is 98.2 Å². The first-order chi connectivity index (χ1) is 17.3. The zero-order valence-electron chi connectivity index (χ0n) is 22.3. The zero-order chi connectivity index (χ0) is 27.6. The summed E-state index contributed by atoms with van der Waals surface area (Å²) in [6, 6.07) is 0. The Morgan fingerprint density at radius 3 is 1.38 bits per heavy atom. The van der Waals surface area contributed by atoms with E-state index in [-0.39, 0.29) is 28.7 Å². The Morgan fingerprint density at radius 2 is 0.946 bits per heavy atom. The minimum absolute atomic E-state index is 0.00900. The Kier molecular flexibility index (Phi) is 9.26. The number of aliphatic hydroxyl groups excluding tert-OH is 6. The first kappa shape index (κ1) is 28.9. The third-order valence-corrected chi connectivity index (χ3v) is 6.26. The molecule has 0 amide bonds. The second kappa shape index (κ2) is 11.8. The van der Waals surface area contributed by atoms with E-state index in [9.17, 15) is 30.6 Å². The van der Waals surface area contributed by atoms with E-state index in [1.807, 2.05) is 4.90 Å². The van der Waals surface area contributed by atoms with Gasteiger partial charge in [-0.25, -0.2) is 9.97 Å². The molecule has 0 aliphatic carbocycles. The molecule has 14 nitrogen and oxygen atoms in total. The van der Waals surface area contributed by atoms with Crippen LogP contribution >= 0.6 is 0 Å². The molecular formula is C23H40N8O6. The van der Waals surface area contributed by atoms with E-state index in [1.165, 1.54) is 56.2 Å². The molecule has 0 radical (unpaired) electrons. The molecule has 0 spiro atoms. The number of fused-ring (bicyclic) bond motifs is 1. The number of piperidine rings is 1. The lowest BCUT2D eigenvalue weighted by Crippen LogP contribution is -2.44. The van der Waals surface area contributed by atoms with E-state index in [0.717, 1.165) is 19.3 Å². The molecule has 37 heavy (non-hydrogen) atoms. The van der Waals surface area contributed by atoms with Crippen LogP contribution in [0.15, 0.2) is 0 Å². The van der Waals surface area contributed by atoms with E-state index in [2.05, 4.69) is 15.0 Å². The minimum atomic E-state index is -1.21. The number of anilines is 4. The van der Waals surface area contributed by atoms with Crippen molar-refractivity contribution in [3.05, 3.63) is 0 Å². The van der Waals surface area contributed by atoms with Gasteiger partial charge in [0.2, 0.25) is 11.9 Å². The summed E-state index contributed by atoms with van der Waals surface area (Å²) in [6.07, 6.45) is -4.14. The van der Waals surface area contributed by atoms with Crippen LogP contribution in [0.2, 0.25) is 0 Å². The van der Waals surface area contributed by atoms with Crippen molar-refractivity contribution in [3.63, 3.8) is 0 Å². The summed E-state index contributed by atoms with van der Waals surface area (Å²) in [5, 5.41) is 62.7. The summed E-state index contributed by atoms with van der Waals surface area (Å²) in [6.45, 7) is 10.1. The molecule has 6 atom stereocenters. The van der Waals surface area contributed by atoms with E-state index >= 15 is 0 Å². The SMILES string of the molecule is CC(O)N(c1nc(N(C(C)O)C(C)O)c2nc(N(C(C)O)C(C)O)nc(N3CCCCC3)c2n1)C(C)O. The van der Waals surface area contributed by atoms with Crippen LogP contribution in [-0.4, -0.2) is 101 Å². The average Bonchev–Trinajstić information content (AvgIpc) is 2.78. The van der Waals surface area contributed by atoms with Gasteiger partial charge in [-0.15, -0.1) is 0 Å². The van der Waals surface area contributed by atoms with Gasteiger partial charge in [-0.2, -0.15) is 9.97 Å². The molecular weight excluding hydrogens is 484 g/mol. The van der Waals surface area contributed by atoms with Gasteiger partial charge in [0.1, 0.15) is 48.4 Å². The highest BCUT2D eigenvalue weighted by molar-refractivity contribution is 5.95. The molecule has 3 rings (SSSR count). The van der Waals surface area contributed by atoms with Gasteiger partial charge in [0, 0.05) is 13.1 Å². The fourth-order valence-electron chi connectivity index (χ4n) is 4.66. The normalized spacial score (nSPS) is 19.2. The van der Waals surface area contributed by atoms with Crippen LogP contribution in [0.4, 0.5) is 23.5 Å². The number of aliphatic hydroxyl groups is 6. The number of hydrogen-bond donors (Lipinski definition) is 6. The Hall–Kier alpha value is -2.62. The van der Waals surface area contributed by atoms with Gasteiger partial charge in [-0.3, -0.25) is 9.80 Å². The monoisotopic (exact) mass is 524 g/mol. The fourth-order valence-corrected chi connectivity index (χ4v) is 4.66. The molecule has 0 bridgehead atoms. The summed E-state index contributed by atoms with van der Waals surface area (Å²) in [5.74, 6) is 0.378. The van der Waals surface area contributed by atoms with Crippen molar-refractivity contribution in [3.8, 4) is 0 Å². The Balaban J connectivity index is 2.46. The van der Waals surface area contributed by atoms with Crippen molar-refractivity contribution >= 4 is 34.6 Å². The van der Waals surface area contributed by atoms with Crippen LogP contribution in [0.3, 0.4) is 0 Å². The van der Waals surface area contributed by atoms with E-state index in [1.54, 1.807) is 0 Å². The van der Waals surface area contributed by atoms with E-state index in [4.69, 9.17) is 4.98 Å². The number of rotatable bonds is 10. The highest BCUT2D eigenvalue weighted by Gasteiger charge is 2.32. The molecule has 1 fully saturated rings. The molecule has 1 aliphatic heterocycles. The summed E-state index contributed by atoms with van der Waals surface area (Å²) in [5.41, 5.74) is 0.415. The summed E-state index contributed by atoms with van der Waals surface area (Å²) < 4.78 is 0. The number of aromatic nitrogens is 4. The van der Waals surface area contributed by atoms with Crippen LogP contribution in [0.1, 0.15) is 60.8 Å². The standard InChI is InChI=1S/C23H40N8O6/c1-12(32)29(13(2)33)21-19-18(24-23(27-21)31(16(5)36)17(6)37)20(28-10-8-7-9-11-28)26-22(25-19)30(14(3)34)15(4)35/h12-17,32-37H,7-11H2,1-6H3. The predicted molar refractivity (Wildman–Crippen MR) is 139 cm³/mol. The maximum atomic E-state index is 10.6. The number of nitrogens with zero attached hydrogens (tertiary/aromatic N) is 8. The highest BCUT2D eigenvalue weighted by atomic mass is 16.3. The van der Waals surface area contributed by atoms with E-state index in [0.29, 0.717) is 18.9 Å². The van der Waals surface area contributed by atoms with Gasteiger partial charge < -0.3 is 40.4 Å². The molecule has 3 heterocycles. The van der Waals surface area contributed by atoms with Crippen molar-refractivity contribution in [2.24, 2.45) is 0 Å². The van der Waals surface area contributed by atoms with Crippen molar-refractivity contribution in [2.75, 3.05) is 32.7 Å². The summed E-state index contributed by atoms with van der Waals surface area (Å²) in [7, 11) is 0. The number of hydrogen-bond acceptors (Lipinski definition) is 14. The predicted octanol–water partition coefficient (Wildman–Crippen LogP) is -0.141. The maximum absolute atomic E-state index is 10.6. The molecule has 2 aromatic heterocycles. The summed E-state index contributed by atoms with van der Waals surface area (Å²) >= 11 is 0. The van der Waals surface area contributed by atoms with Gasteiger partial charge in [-0.1, -0.05) is 0 Å². The van der Waals surface area contributed by atoms with Gasteiger partial charge in [-0.05, 0) is 60.8 Å². The van der Waals surface area contributed by atoms with Crippen LogP contribution in [0, 0.1) is 0 Å². The van der Waals surface area contributed by atoms with E-state index < -0.39 is 37.4 Å². The second-order valence-electron chi connectivity index (χ2n) is 9.45. The Labute approximate surface area is 216 Å². The van der Waals surface area contributed by atoms with Crippen LogP contribution in [-0.2, 0) is 0 Å². The van der Waals surface area contributed by atoms with Gasteiger partial charge in [0.25, 0.3) is 0 Å². The van der Waals surface area contributed by atoms with Crippen molar-refractivity contribution < 1.29 is 30.6 Å². The molecule has 6 N–H and O–H groups in total. The second-order valence-corrected chi connectivity index (χ2v) is 9.45. The molecule has 0 aromatic carbocycles. The topological polar surface area (TPSA) is 186 Å². The highest BCUT2D eigenvalue weighted by Crippen LogP contribution is 2.35. The van der Waals surface area contributed by atoms with Crippen molar-refractivity contribution in [1.29, 1.82) is 0 Å². The Bertz CT molecular complexity index is 1020. The molecule has 1 aliphatic rings. The lowest BCUT2D eigenvalue weighted by molar-refractivity contribution is 0.100. The van der Waals surface area contributed by atoms with Crippen LogP contribution in [0.25, 0.3) is 11.0 Å². The maximum Gasteiger partial charge on any atom is 0.232 e. The molecule has 6 unspecified atom stereocenters. The largest absolute Gasteiger partial charge is 0.374 e. The van der Waals surface area contributed by atoms with Gasteiger partial charge in [0.15, 0.2) is 11.6 Å². The Morgan fingerprint density at radius 1 is 0.541 bits per heavy atom. The first-order valence-corrected chi connectivity index (χ1v) is 12.6. The lowest BCUT2D eigenvalue weighted by atomic mass is 10.1. The summed E-state index contributed by atoms with van der Waals surface area (Å²) in [4.78, 5) is 24.1. The third-order valence-electron chi connectivity index (χ3n) is 6.26. The zero-order valence-corrected chi connectivity index (χ0v) is 22.3. The van der Waals surface area contributed by atoms with Crippen LogP contribution < -0.4 is 19.6 Å². The first-order valence-electron chi connectivity index (χ1n) is 12.6.